The second-order valence-electron chi connectivity index (χ2n) is 8.75. The van der Waals surface area contributed by atoms with Crippen molar-refractivity contribution in [1.82, 2.24) is 15.6 Å². The van der Waals surface area contributed by atoms with E-state index in [0.29, 0.717) is 17.5 Å². The second-order valence-corrected chi connectivity index (χ2v) is 11.9. The molecular weight excluding hydrogens is 486 g/mol. The Labute approximate surface area is 208 Å². The summed E-state index contributed by atoms with van der Waals surface area (Å²) < 4.78 is 25.7. The van der Waals surface area contributed by atoms with E-state index in [-0.39, 0.29) is 29.3 Å². The summed E-state index contributed by atoms with van der Waals surface area (Å²) in [6.07, 6.45) is 4.13. The minimum atomic E-state index is -3.83. The molecule has 2 N–H and O–H groups in total. The predicted molar refractivity (Wildman–Crippen MR) is 136 cm³/mol. The summed E-state index contributed by atoms with van der Waals surface area (Å²) in [7, 11) is -3.83. The van der Waals surface area contributed by atoms with Crippen LogP contribution in [0.1, 0.15) is 53.2 Å². The van der Waals surface area contributed by atoms with Crippen LogP contribution in [0.25, 0.3) is 21.3 Å². The van der Waals surface area contributed by atoms with Crippen LogP contribution in [0.3, 0.4) is 0 Å². The molecule has 2 aromatic carbocycles. The third-order valence-corrected chi connectivity index (χ3v) is 8.20. The lowest BCUT2D eigenvalue weighted by Crippen LogP contribution is -2.41. The van der Waals surface area contributed by atoms with Gasteiger partial charge < -0.3 is 10.6 Å². The first kappa shape index (κ1) is 25.0. The number of amides is 2. The van der Waals surface area contributed by atoms with Crippen LogP contribution in [0, 0.1) is 0 Å². The highest BCUT2D eigenvalue weighted by molar-refractivity contribution is 7.91. The normalized spacial score (nSPS) is 14.5. The van der Waals surface area contributed by atoms with E-state index in [1.807, 2.05) is 31.2 Å². The van der Waals surface area contributed by atoms with Gasteiger partial charge in [-0.2, -0.15) is 0 Å². The third kappa shape index (κ3) is 6.12. The lowest BCUT2D eigenvalue weighted by molar-refractivity contribution is -0.126. The van der Waals surface area contributed by atoms with Crippen molar-refractivity contribution in [2.24, 2.45) is 0 Å². The zero-order chi connectivity index (χ0) is 25.2. The molecule has 0 bridgehead atoms. The number of ketones is 1. The third-order valence-electron chi connectivity index (χ3n) is 5.68. The molecule has 0 saturated heterocycles. The smallest absolute Gasteiger partial charge is 0.245 e. The zero-order valence-corrected chi connectivity index (χ0v) is 21.2. The number of hydrogen-bond acceptors (Lipinski definition) is 7. The molecule has 1 aromatic heterocycles. The zero-order valence-electron chi connectivity index (χ0n) is 19.5. The average molecular weight is 514 g/mol. The van der Waals surface area contributed by atoms with Crippen molar-refractivity contribution < 1.29 is 22.8 Å². The van der Waals surface area contributed by atoms with Crippen molar-refractivity contribution in [1.29, 1.82) is 0 Å². The molecule has 0 spiro atoms. The topological polar surface area (TPSA) is 122 Å². The highest BCUT2D eigenvalue weighted by Crippen LogP contribution is 2.33. The Morgan fingerprint density at radius 2 is 1.77 bits per heavy atom. The van der Waals surface area contributed by atoms with Gasteiger partial charge in [0.25, 0.3) is 0 Å². The summed E-state index contributed by atoms with van der Waals surface area (Å²) in [5.74, 6) is -1.01. The minimum Gasteiger partial charge on any atom is -0.352 e. The number of carbonyl (C=O) groups is 3. The maximum atomic E-state index is 12.8. The number of benzene rings is 2. The van der Waals surface area contributed by atoms with Crippen molar-refractivity contribution in [3.8, 4) is 11.1 Å². The number of fused-ring (bicyclic) bond motifs is 1. The Bertz CT molecular complexity index is 1380. The summed E-state index contributed by atoms with van der Waals surface area (Å²) in [4.78, 5) is 41.2. The lowest BCUT2D eigenvalue weighted by atomic mass is 10.0. The molecular formula is C25H27N3O5S2. The molecule has 3 aromatic rings. The van der Waals surface area contributed by atoms with Crippen molar-refractivity contribution in [2.45, 2.75) is 43.9 Å². The first-order valence-electron chi connectivity index (χ1n) is 11.5. The van der Waals surface area contributed by atoms with E-state index in [2.05, 4.69) is 15.6 Å². The van der Waals surface area contributed by atoms with E-state index in [4.69, 9.17) is 0 Å². The first-order valence-corrected chi connectivity index (χ1v) is 14.2. The molecule has 1 saturated carbocycles. The number of rotatable bonds is 10. The summed E-state index contributed by atoms with van der Waals surface area (Å²) in [5, 5.41) is 3.84. The number of hydrogen-bond donors (Lipinski definition) is 2. The van der Waals surface area contributed by atoms with Crippen LogP contribution in [-0.4, -0.2) is 49.8 Å². The van der Waals surface area contributed by atoms with E-state index >= 15 is 0 Å². The SMILES string of the molecule is CCCC(=O)c1ccc(-c2ccc3nc(C(C(=O)NCC(=O)NC4CC4)S(C)(=O)=O)sc3c2)cc1. The molecule has 8 nitrogen and oxygen atoms in total. The van der Waals surface area contributed by atoms with Crippen LogP contribution in [-0.2, 0) is 19.4 Å². The van der Waals surface area contributed by atoms with Crippen molar-refractivity contribution >= 4 is 49.0 Å². The Kier molecular flexibility index (Phi) is 7.32. The molecule has 0 radical (unpaired) electrons. The molecule has 1 aliphatic carbocycles. The standard InChI is InChI=1S/C25H27N3O5S2/c1-3-4-20(29)16-7-5-15(6-8-16)17-9-12-19-21(13-17)34-25(28-19)23(35(2,32)33)24(31)26-14-22(30)27-18-10-11-18/h5-9,12-13,18,23H,3-4,10-11,14H2,1-2H3,(H,26,31)(H,27,30). The Balaban J connectivity index is 1.55. The molecule has 1 unspecified atom stereocenters. The molecule has 1 fully saturated rings. The number of nitrogens with zero attached hydrogens (tertiary/aromatic N) is 1. The van der Waals surface area contributed by atoms with E-state index in [1.54, 1.807) is 18.2 Å². The highest BCUT2D eigenvalue weighted by Gasteiger charge is 2.34. The van der Waals surface area contributed by atoms with E-state index in [9.17, 15) is 22.8 Å². The fourth-order valence-electron chi connectivity index (χ4n) is 3.71. The van der Waals surface area contributed by atoms with Crippen molar-refractivity contribution in [3.63, 3.8) is 0 Å². The van der Waals surface area contributed by atoms with Crippen LogP contribution in [0.5, 0.6) is 0 Å². The maximum absolute atomic E-state index is 12.8. The summed E-state index contributed by atoms with van der Waals surface area (Å²) in [5.41, 5.74) is 3.05. The van der Waals surface area contributed by atoms with Crippen LogP contribution in [0.2, 0.25) is 0 Å². The van der Waals surface area contributed by atoms with Gasteiger partial charge in [0.1, 0.15) is 5.01 Å². The lowest BCUT2D eigenvalue weighted by Gasteiger charge is -2.12. The molecule has 0 aliphatic heterocycles. The van der Waals surface area contributed by atoms with Gasteiger partial charge in [0, 0.05) is 24.3 Å². The van der Waals surface area contributed by atoms with Gasteiger partial charge in [0.2, 0.25) is 11.8 Å². The van der Waals surface area contributed by atoms with Gasteiger partial charge in [-0.05, 0) is 42.5 Å². The molecule has 1 atom stereocenters. The molecule has 2 amide bonds. The highest BCUT2D eigenvalue weighted by atomic mass is 32.2. The quantitative estimate of drug-likeness (QED) is 0.401. The number of nitrogens with one attached hydrogen (secondary N) is 2. The van der Waals surface area contributed by atoms with E-state index < -0.39 is 21.0 Å². The summed E-state index contributed by atoms with van der Waals surface area (Å²) in [6.45, 7) is 1.68. The number of Topliss-reactive ketones (excluding diaryl/α,β-unsaturated/α-hetero) is 1. The molecule has 1 aliphatic rings. The number of sulfone groups is 1. The summed E-state index contributed by atoms with van der Waals surface area (Å²) in [6, 6.07) is 13.1. The van der Waals surface area contributed by atoms with E-state index in [1.165, 1.54) is 0 Å². The van der Waals surface area contributed by atoms with Gasteiger partial charge in [0.15, 0.2) is 20.9 Å². The number of carbonyl (C=O) groups excluding carboxylic acids is 3. The summed E-state index contributed by atoms with van der Waals surface area (Å²) >= 11 is 1.13. The molecule has 10 heteroatoms. The fourth-order valence-corrected chi connectivity index (χ4v) is 6.26. The fraction of sp³-hybridized carbons (Fsp3) is 0.360. The second kappa shape index (κ2) is 10.2. The minimum absolute atomic E-state index is 0.108. The number of aromatic nitrogens is 1. The average Bonchev–Trinajstić information content (AvgIpc) is 3.52. The van der Waals surface area contributed by atoms with Gasteiger partial charge in [-0.1, -0.05) is 37.3 Å². The molecule has 184 valence electrons. The Morgan fingerprint density at radius 1 is 1.09 bits per heavy atom. The number of thiazole rings is 1. The first-order chi connectivity index (χ1) is 16.7. The van der Waals surface area contributed by atoms with Gasteiger partial charge in [-0.3, -0.25) is 14.4 Å². The monoisotopic (exact) mass is 513 g/mol. The Hall–Kier alpha value is -3.11. The largest absolute Gasteiger partial charge is 0.352 e. The predicted octanol–water partition coefficient (Wildman–Crippen LogP) is 3.43. The van der Waals surface area contributed by atoms with Crippen LogP contribution < -0.4 is 10.6 Å². The van der Waals surface area contributed by atoms with Crippen LogP contribution in [0.4, 0.5) is 0 Å². The van der Waals surface area contributed by atoms with Gasteiger partial charge in [0.05, 0.1) is 16.8 Å². The van der Waals surface area contributed by atoms with Gasteiger partial charge >= 0.3 is 0 Å². The maximum Gasteiger partial charge on any atom is 0.245 e. The molecule has 35 heavy (non-hydrogen) atoms. The van der Waals surface area contributed by atoms with E-state index in [0.717, 1.165) is 52.7 Å². The van der Waals surface area contributed by atoms with Crippen LogP contribution in [0.15, 0.2) is 42.5 Å². The molecule has 4 rings (SSSR count). The van der Waals surface area contributed by atoms with Crippen molar-refractivity contribution in [2.75, 3.05) is 12.8 Å². The molecule has 1 heterocycles. The van der Waals surface area contributed by atoms with Crippen LogP contribution >= 0.6 is 11.3 Å². The van der Waals surface area contributed by atoms with Gasteiger partial charge in [-0.25, -0.2) is 13.4 Å². The van der Waals surface area contributed by atoms with Crippen molar-refractivity contribution in [3.05, 3.63) is 53.0 Å². The van der Waals surface area contributed by atoms with Gasteiger partial charge in [-0.15, -0.1) is 11.3 Å². The Morgan fingerprint density at radius 3 is 2.40 bits per heavy atom.